The molecule has 0 radical (unpaired) electrons. The van der Waals surface area contributed by atoms with Gasteiger partial charge in [-0.05, 0) is 13.3 Å². The van der Waals surface area contributed by atoms with Crippen LogP contribution in [0.2, 0.25) is 0 Å². The maximum absolute atomic E-state index is 11.9. The second-order valence-corrected chi connectivity index (χ2v) is 7.02. The Morgan fingerprint density at radius 2 is 1.74 bits per heavy atom. The highest BCUT2D eigenvalue weighted by Gasteiger charge is 2.44. The van der Waals surface area contributed by atoms with Gasteiger partial charge in [0.25, 0.3) is 0 Å². The summed E-state index contributed by atoms with van der Waals surface area (Å²) >= 11 is 0. The van der Waals surface area contributed by atoms with E-state index in [4.69, 9.17) is 9.47 Å². The summed E-state index contributed by atoms with van der Waals surface area (Å²) in [6, 6.07) is 0. The molecule has 1 aliphatic rings. The van der Waals surface area contributed by atoms with E-state index < -0.39 is 48.5 Å². The minimum Gasteiger partial charge on any atom is -0.457 e. The lowest BCUT2D eigenvalue weighted by atomic mass is 9.88. The van der Waals surface area contributed by atoms with Crippen LogP contribution in [0.3, 0.4) is 0 Å². The first-order valence-corrected chi connectivity index (χ1v) is 7.93. The fraction of sp³-hybridized carbons (Fsp3) is 0.875. The van der Waals surface area contributed by atoms with E-state index in [-0.39, 0.29) is 18.6 Å². The van der Waals surface area contributed by atoms with Crippen LogP contribution in [0.4, 0.5) is 0 Å². The van der Waals surface area contributed by atoms with Gasteiger partial charge >= 0.3 is 5.97 Å². The van der Waals surface area contributed by atoms with E-state index in [0.29, 0.717) is 6.42 Å². The van der Waals surface area contributed by atoms with E-state index in [1.54, 1.807) is 6.92 Å². The van der Waals surface area contributed by atoms with Crippen molar-refractivity contribution >= 4 is 11.8 Å². The number of esters is 1. The Labute approximate surface area is 136 Å². The maximum atomic E-state index is 11.9. The zero-order chi connectivity index (χ0) is 17.8. The number of carbonyl (C=O) groups excluding carboxylic acids is 2. The van der Waals surface area contributed by atoms with E-state index in [9.17, 15) is 24.9 Å². The van der Waals surface area contributed by atoms with E-state index in [2.05, 4.69) is 0 Å². The van der Waals surface area contributed by atoms with Gasteiger partial charge in [-0.1, -0.05) is 20.8 Å². The van der Waals surface area contributed by atoms with Gasteiger partial charge in [0, 0.05) is 18.3 Å². The fourth-order valence-electron chi connectivity index (χ4n) is 2.40. The molecule has 0 aromatic rings. The Hall–Kier alpha value is -1.02. The van der Waals surface area contributed by atoms with E-state index in [1.165, 1.54) is 0 Å². The molecule has 0 spiro atoms. The summed E-state index contributed by atoms with van der Waals surface area (Å²) in [4.78, 5) is 23.7. The highest BCUT2D eigenvalue weighted by molar-refractivity contribution is 5.84. The predicted molar refractivity (Wildman–Crippen MR) is 81.6 cm³/mol. The Morgan fingerprint density at radius 3 is 2.26 bits per heavy atom. The number of Topliss-reactive ketones (excluding diaryl/α,β-unsaturated/α-hetero) is 1. The van der Waals surface area contributed by atoms with Crippen LogP contribution in [-0.2, 0) is 19.1 Å². The Balaban J connectivity index is 2.50. The summed E-state index contributed by atoms with van der Waals surface area (Å²) in [6.07, 6.45) is -4.56. The second-order valence-electron chi connectivity index (χ2n) is 7.02. The van der Waals surface area contributed by atoms with Crippen LogP contribution in [0, 0.1) is 5.41 Å². The summed E-state index contributed by atoms with van der Waals surface area (Å²) in [5.74, 6) is -0.539. The number of aliphatic hydroxyl groups excluding tert-OH is 3. The molecule has 0 aromatic carbocycles. The minimum atomic E-state index is -1.32. The van der Waals surface area contributed by atoms with Gasteiger partial charge in [-0.2, -0.15) is 0 Å². The molecule has 5 unspecified atom stereocenters. The van der Waals surface area contributed by atoms with E-state index in [0.717, 1.165) is 0 Å². The Bertz CT molecular complexity index is 413. The highest BCUT2D eigenvalue weighted by Crippen LogP contribution is 2.24. The molecule has 7 heteroatoms. The SMILES string of the molecule is CC1OC(CO)C(OC(=O)CCCC(=O)C(C)(C)C)C(O)C1O. The topological polar surface area (TPSA) is 113 Å². The predicted octanol–water partition coefficient (Wildman–Crippen LogP) is 0.185. The summed E-state index contributed by atoms with van der Waals surface area (Å²) in [7, 11) is 0. The highest BCUT2D eigenvalue weighted by atomic mass is 16.6. The molecule has 1 aliphatic heterocycles. The molecule has 7 nitrogen and oxygen atoms in total. The van der Waals surface area contributed by atoms with Crippen molar-refractivity contribution in [3.05, 3.63) is 0 Å². The van der Waals surface area contributed by atoms with Crippen molar-refractivity contribution in [2.45, 2.75) is 77.5 Å². The molecule has 0 aliphatic carbocycles. The first kappa shape index (κ1) is 20.0. The van der Waals surface area contributed by atoms with Crippen LogP contribution in [-0.4, -0.2) is 64.2 Å². The monoisotopic (exact) mass is 332 g/mol. The van der Waals surface area contributed by atoms with Crippen LogP contribution < -0.4 is 0 Å². The Kier molecular flexibility index (Phi) is 7.13. The van der Waals surface area contributed by atoms with E-state index >= 15 is 0 Å². The average molecular weight is 332 g/mol. The number of ether oxygens (including phenoxy) is 2. The Morgan fingerprint density at radius 1 is 1.13 bits per heavy atom. The normalized spacial score (nSPS) is 31.7. The molecule has 0 amide bonds. The van der Waals surface area contributed by atoms with Crippen LogP contribution in [0.1, 0.15) is 47.0 Å². The zero-order valence-electron chi connectivity index (χ0n) is 14.2. The number of aliphatic hydroxyl groups is 3. The van der Waals surface area contributed by atoms with Crippen molar-refractivity contribution < 1.29 is 34.4 Å². The lowest BCUT2D eigenvalue weighted by Gasteiger charge is -2.40. The molecule has 0 bridgehead atoms. The van der Waals surface area contributed by atoms with Crippen LogP contribution >= 0.6 is 0 Å². The van der Waals surface area contributed by atoms with Crippen molar-refractivity contribution in [3.8, 4) is 0 Å². The number of hydrogen-bond acceptors (Lipinski definition) is 7. The first-order chi connectivity index (χ1) is 10.6. The van der Waals surface area contributed by atoms with Gasteiger partial charge in [0.1, 0.15) is 24.1 Å². The molecule has 23 heavy (non-hydrogen) atoms. The number of ketones is 1. The first-order valence-electron chi connectivity index (χ1n) is 7.93. The minimum absolute atomic E-state index is 0.0227. The van der Waals surface area contributed by atoms with Crippen molar-refractivity contribution in [2.75, 3.05) is 6.61 Å². The molecule has 1 saturated heterocycles. The quantitative estimate of drug-likeness (QED) is 0.595. The molecule has 1 heterocycles. The van der Waals surface area contributed by atoms with Crippen LogP contribution in [0.5, 0.6) is 0 Å². The van der Waals surface area contributed by atoms with Crippen molar-refractivity contribution in [2.24, 2.45) is 5.41 Å². The van der Waals surface area contributed by atoms with Gasteiger partial charge in [0.05, 0.1) is 12.7 Å². The zero-order valence-corrected chi connectivity index (χ0v) is 14.2. The van der Waals surface area contributed by atoms with Crippen LogP contribution in [0.15, 0.2) is 0 Å². The summed E-state index contributed by atoms with van der Waals surface area (Å²) in [6.45, 7) is 6.58. The fourth-order valence-corrected chi connectivity index (χ4v) is 2.40. The lowest BCUT2D eigenvalue weighted by molar-refractivity contribution is -0.235. The number of carbonyl (C=O) groups is 2. The van der Waals surface area contributed by atoms with Crippen LogP contribution in [0.25, 0.3) is 0 Å². The molecule has 0 aromatic heterocycles. The van der Waals surface area contributed by atoms with Gasteiger partial charge in [-0.15, -0.1) is 0 Å². The number of hydrogen-bond donors (Lipinski definition) is 3. The standard InChI is InChI=1S/C16H28O7/c1-9-13(20)14(21)15(10(8-17)22-9)23-12(19)7-5-6-11(18)16(2,3)4/h9-10,13-15,17,20-21H,5-8H2,1-4H3. The molecule has 1 rings (SSSR count). The second kappa shape index (κ2) is 8.19. The third-order valence-electron chi connectivity index (χ3n) is 3.99. The third kappa shape index (κ3) is 5.53. The molecule has 134 valence electrons. The largest absolute Gasteiger partial charge is 0.457 e. The number of rotatable bonds is 6. The van der Waals surface area contributed by atoms with E-state index in [1.807, 2.05) is 20.8 Å². The smallest absolute Gasteiger partial charge is 0.306 e. The summed E-state index contributed by atoms with van der Waals surface area (Å²) in [5.41, 5.74) is -0.445. The van der Waals surface area contributed by atoms with Gasteiger partial charge in [-0.25, -0.2) is 0 Å². The molecular formula is C16H28O7. The van der Waals surface area contributed by atoms with Crippen molar-refractivity contribution in [1.82, 2.24) is 0 Å². The lowest BCUT2D eigenvalue weighted by Crippen LogP contribution is -2.59. The molecule has 3 N–H and O–H groups in total. The molecule has 1 fully saturated rings. The third-order valence-corrected chi connectivity index (χ3v) is 3.99. The van der Waals surface area contributed by atoms with Crippen molar-refractivity contribution in [1.29, 1.82) is 0 Å². The van der Waals surface area contributed by atoms with Crippen molar-refractivity contribution in [3.63, 3.8) is 0 Å². The maximum Gasteiger partial charge on any atom is 0.306 e. The molecular weight excluding hydrogens is 304 g/mol. The molecule has 0 saturated carbocycles. The van der Waals surface area contributed by atoms with Gasteiger partial charge in [-0.3, -0.25) is 9.59 Å². The summed E-state index contributed by atoms with van der Waals surface area (Å²) in [5, 5.41) is 29.1. The summed E-state index contributed by atoms with van der Waals surface area (Å²) < 4.78 is 10.5. The van der Waals surface area contributed by atoms with Gasteiger partial charge < -0.3 is 24.8 Å². The average Bonchev–Trinajstić information content (AvgIpc) is 2.46. The van der Waals surface area contributed by atoms with Gasteiger partial charge in [0.2, 0.25) is 0 Å². The molecule has 5 atom stereocenters. The van der Waals surface area contributed by atoms with Gasteiger partial charge in [0.15, 0.2) is 6.10 Å².